The maximum Gasteiger partial charge on any atom is 0.259 e. The van der Waals surface area contributed by atoms with Crippen molar-refractivity contribution < 1.29 is 4.79 Å². The van der Waals surface area contributed by atoms with Gasteiger partial charge in [-0.15, -0.1) is 0 Å². The normalized spacial score (nSPS) is 10.3. The number of nitrogens with two attached hydrogens (primary N) is 1. The quantitative estimate of drug-likeness (QED) is 0.804. The Morgan fingerprint density at radius 1 is 1.32 bits per heavy atom. The summed E-state index contributed by atoms with van der Waals surface area (Å²) in [7, 11) is 0. The summed E-state index contributed by atoms with van der Waals surface area (Å²) in [6, 6.07) is 10.7. The molecular weight excluding hydrogens is 328 g/mol. The predicted molar refractivity (Wildman–Crippen MR) is 82.7 cm³/mol. The molecule has 1 amide bonds. The van der Waals surface area contributed by atoms with Crippen LogP contribution in [0.5, 0.6) is 0 Å². The predicted octanol–water partition coefficient (Wildman–Crippen LogP) is 4.25. The number of carbonyl (C=O) groups is 1. The number of anilines is 2. The number of rotatable bonds is 2. The zero-order valence-corrected chi connectivity index (χ0v) is 12.5. The largest absolute Gasteiger partial charge is 0.398 e. The molecule has 0 radical (unpaired) electrons. The van der Waals surface area contributed by atoms with E-state index < -0.39 is 0 Å². The van der Waals surface area contributed by atoms with Gasteiger partial charge in [-0.3, -0.25) is 4.79 Å². The molecule has 2 aromatic rings. The smallest absolute Gasteiger partial charge is 0.259 e. The molecule has 0 atom stereocenters. The molecule has 2 rings (SSSR count). The molecule has 3 nitrogen and oxygen atoms in total. The first-order valence-corrected chi connectivity index (χ1v) is 6.77. The van der Waals surface area contributed by atoms with Crippen molar-refractivity contribution in [3.8, 4) is 0 Å². The first-order valence-electron chi connectivity index (χ1n) is 5.60. The van der Waals surface area contributed by atoms with Gasteiger partial charge in [0.15, 0.2) is 0 Å². The van der Waals surface area contributed by atoms with Crippen LogP contribution in [0, 0.1) is 6.92 Å². The van der Waals surface area contributed by atoms with Gasteiger partial charge in [-0.1, -0.05) is 39.7 Å². The average Bonchev–Trinajstić information content (AvgIpc) is 2.33. The molecule has 0 unspecified atom stereocenters. The second-order valence-electron chi connectivity index (χ2n) is 4.12. The highest BCUT2D eigenvalue weighted by Gasteiger charge is 2.14. The summed E-state index contributed by atoms with van der Waals surface area (Å²) in [5.41, 5.74) is 8.12. The van der Waals surface area contributed by atoms with Gasteiger partial charge in [0.05, 0.1) is 10.6 Å². The number of hydrogen-bond acceptors (Lipinski definition) is 2. The van der Waals surface area contributed by atoms with Crippen molar-refractivity contribution in [2.24, 2.45) is 0 Å². The monoisotopic (exact) mass is 338 g/mol. The number of aryl methyl sites for hydroxylation is 1. The van der Waals surface area contributed by atoms with Crippen LogP contribution in [0.3, 0.4) is 0 Å². The third-order valence-corrected chi connectivity index (χ3v) is 3.53. The van der Waals surface area contributed by atoms with Crippen molar-refractivity contribution in [1.82, 2.24) is 0 Å². The van der Waals surface area contributed by atoms with Crippen LogP contribution >= 0.6 is 27.5 Å². The van der Waals surface area contributed by atoms with E-state index in [0.717, 1.165) is 15.7 Å². The molecule has 0 fully saturated rings. The number of carbonyl (C=O) groups excluding carboxylic acids is 1. The van der Waals surface area contributed by atoms with Gasteiger partial charge in [-0.05, 0) is 36.8 Å². The zero-order chi connectivity index (χ0) is 14.0. The van der Waals surface area contributed by atoms with Crippen molar-refractivity contribution in [2.45, 2.75) is 6.92 Å². The van der Waals surface area contributed by atoms with E-state index in [4.69, 9.17) is 17.3 Å². The Hall–Kier alpha value is -1.52. The standard InChI is InChI=1S/C14H12BrClN2O/c1-8-5-6-9(15)7-12(8)18-14(19)13-10(16)3-2-4-11(13)17/h2-7H,17H2,1H3,(H,18,19). The fourth-order valence-corrected chi connectivity index (χ4v) is 2.32. The van der Waals surface area contributed by atoms with Crippen LogP contribution in [0.25, 0.3) is 0 Å². The second-order valence-corrected chi connectivity index (χ2v) is 5.44. The maximum absolute atomic E-state index is 12.2. The number of halogens is 2. The Labute approximate surface area is 124 Å². The first-order chi connectivity index (χ1) is 8.99. The molecule has 0 aromatic heterocycles. The first kappa shape index (κ1) is 13.9. The Balaban J connectivity index is 2.34. The van der Waals surface area contributed by atoms with Gasteiger partial charge in [-0.2, -0.15) is 0 Å². The fourth-order valence-electron chi connectivity index (χ4n) is 1.69. The summed E-state index contributed by atoms with van der Waals surface area (Å²) in [6.45, 7) is 1.91. The van der Waals surface area contributed by atoms with Crippen LogP contribution in [0.4, 0.5) is 11.4 Å². The minimum absolute atomic E-state index is 0.295. The number of nitrogen functional groups attached to an aromatic ring is 1. The lowest BCUT2D eigenvalue weighted by molar-refractivity contribution is 0.102. The van der Waals surface area contributed by atoms with Gasteiger partial charge in [0.1, 0.15) is 0 Å². The van der Waals surface area contributed by atoms with Gasteiger partial charge in [-0.25, -0.2) is 0 Å². The Bertz CT molecular complexity index is 623. The molecule has 0 aliphatic rings. The summed E-state index contributed by atoms with van der Waals surface area (Å²) in [6.07, 6.45) is 0. The van der Waals surface area contributed by atoms with Gasteiger partial charge in [0.25, 0.3) is 5.91 Å². The van der Waals surface area contributed by atoms with Crippen LogP contribution in [0.1, 0.15) is 15.9 Å². The van der Waals surface area contributed by atoms with E-state index in [2.05, 4.69) is 21.2 Å². The Morgan fingerprint density at radius 3 is 2.74 bits per heavy atom. The Morgan fingerprint density at radius 2 is 2.05 bits per heavy atom. The minimum Gasteiger partial charge on any atom is -0.398 e. The summed E-state index contributed by atoms with van der Waals surface area (Å²) in [5, 5.41) is 3.15. The van der Waals surface area contributed by atoms with Gasteiger partial charge >= 0.3 is 0 Å². The SMILES string of the molecule is Cc1ccc(Br)cc1NC(=O)c1c(N)cccc1Cl. The van der Waals surface area contributed by atoms with Gasteiger partial charge in [0, 0.05) is 15.8 Å². The molecule has 0 heterocycles. The van der Waals surface area contributed by atoms with Crippen LogP contribution in [-0.2, 0) is 0 Å². The molecule has 98 valence electrons. The van der Waals surface area contributed by atoms with Gasteiger partial charge < -0.3 is 11.1 Å². The van der Waals surface area contributed by atoms with Crippen LogP contribution < -0.4 is 11.1 Å². The van der Waals surface area contributed by atoms with E-state index in [1.165, 1.54) is 0 Å². The molecule has 3 N–H and O–H groups in total. The fraction of sp³-hybridized carbons (Fsp3) is 0.0714. The lowest BCUT2D eigenvalue weighted by Gasteiger charge is -2.11. The molecule has 0 bridgehead atoms. The molecule has 0 spiro atoms. The summed E-state index contributed by atoms with van der Waals surface area (Å²) < 4.78 is 0.889. The summed E-state index contributed by atoms with van der Waals surface area (Å²) in [4.78, 5) is 12.2. The van der Waals surface area contributed by atoms with Crippen molar-refractivity contribution >= 4 is 44.8 Å². The molecule has 0 saturated heterocycles. The summed E-state index contributed by atoms with van der Waals surface area (Å²) >= 11 is 9.38. The van der Waals surface area contributed by atoms with E-state index in [1.807, 2.05) is 25.1 Å². The number of nitrogens with one attached hydrogen (secondary N) is 1. The van der Waals surface area contributed by atoms with E-state index in [0.29, 0.717) is 16.3 Å². The van der Waals surface area contributed by atoms with Crippen molar-refractivity contribution in [3.05, 3.63) is 57.0 Å². The molecule has 0 aliphatic heterocycles. The number of hydrogen-bond donors (Lipinski definition) is 2. The molecule has 2 aromatic carbocycles. The molecule has 0 aliphatic carbocycles. The highest BCUT2D eigenvalue weighted by atomic mass is 79.9. The lowest BCUT2D eigenvalue weighted by Crippen LogP contribution is -2.15. The van der Waals surface area contributed by atoms with Crippen molar-refractivity contribution in [1.29, 1.82) is 0 Å². The Kier molecular flexibility index (Phi) is 4.12. The summed E-state index contributed by atoms with van der Waals surface area (Å²) in [5.74, 6) is -0.315. The molecule has 19 heavy (non-hydrogen) atoms. The molecule has 5 heteroatoms. The molecule has 0 saturated carbocycles. The van der Waals surface area contributed by atoms with Crippen LogP contribution in [0.15, 0.2) is 40.9 Å². The van der Waals surface area contributed by atoms with Crippen LogP contribution in [0.2, 0.25) is 5.02 Å². The van der Waals surface area contributed by atoms with E-state index in [9.17, 15) is 4.79 Å². The van der Waals surface area contributed by atoms with Gasteiger partial charge in [0.2, 0.25) is 0 Å². The topological polar surface area (TPSA) is 55.1 Å². The van der Waals surface area contributed by atoms with Crippen molar-refractivity contribution in [2.75, 3.05) is 11.1 Å². The second kappa shape index (κ2) is 5.63. The van der Waals surface area contributed by atoms with Crippen LogP contribution in [-0.4, -0.2) is 5.91 Å². The number of amides is 1. The highest BCUT2D eigenvalue weighted by molar-refractivity contribution is 9.10. The van der Waals surface area contributed by atoms with E-state index in [-0.39, 0.29) is 5.91 Å². The number of benzene rings is 2. The third kappa shape index (κ3) is 3.08. The zero-order valence-electron chi connectivity index (χ0n) is 10.2. The van der Waals surface area contributed by atoms with E-state index >= 15 is 0 Å². The minimum atomic E-state index is -0.315. The lowest BCUT2D eigenvalue weighted by atomic mass is 10.1. The highest BCUT2D eigenvalue weighted by Crippen LogP contribution is 2.25. The van der Waals surface area contributed by atoms with Crippen molar-refractivity contribution in [3.63, 3.8) is 0 Å². The third-order valence-electron chi connectivity index (χ3n) is 2.72. The molecular formula is C14H12BrClN2O. The maximum atomic E-state index is 12.2. The average molecular weight is 340 g/mol. The van der Waals surface area contributed by atoms with E-state index in [1.54, 1.807) is 18.2 Å².